The van der Waals surface area contributed by atoms with Gasteiger partial charge in [0.15, 0.2) is 0 Å². The summed E-state index contributed by atoms with van der Waals surface area (Å²) in [6.07, 6.45) is 4.33. The Bertz CT molecular complexity index is 261. The van der Waals surface area contributed by atoms with Crippen molar-refractivity contribution in [2.75, 3.05) is 0 Å². The summed E-state index contributed by atoms with van der Waals surface area (Å²) in [5.74, 6) is -0.615. The number of urea groups is 1. The molecule has 2 fully saturated rings. The minimum atomic E-state index is -0.944. The minimum absolute atomic E-state index is 0.220. The predicted octanol–water partition coefficient (Wildman–Crippen LogP) is 0.311. The van der Waals surface area contributed by atoms with E-state index in [2.05, 4.69) is 10.6 Å². The molecule has 5 nitrogen and oxygen atoms in total. The average Bonchev–Trinajstić information content (AvgIpc) is 2.70. The first kappa shape index (κ1) is 9.30. The van der Waals surface area contributed by atoms with Crippen LogP contribution in [0.2, 0.25) is 0 Å². The Labute approximate surface area is 81.9 Å². The molecule has 1 aliphatic carbocycles. The third-order valence-electron chi connectivity index (χ3n) is 3.12. The molecule has 0 bridgehead atoms. The maximum absolute atomic E-state index is 11.0. The number of hydrogen-bond acceptors (Lipinski definition) is 2. The lowest BCUT2D eigenvalue weighted by molar-refractivity contribution is -0.139. The molecule has 1 saturated heterocycles. The van der Waals surface area contributed by atoms with Crippen LogP contribution in [0.5, 0.6) is 0 Å². The van der Waals surface area contributed by atoms with Crippen molar-refractivity contribution in [2.24, 2.45) is 5.92 Å². The van der Waals surface area contributed by atoms with Crippen LogP contribution in [-0.4, -0.2) is 29.2 Å². The number of rotatable bonds is 2. The van der Waals surface area contributed by atoms with E-state index < -0.39 is 12.0 Å². The van der Waals surface area contributed by atoms with Crippen molar-refractivity contribution in [3.8, 4) is 0 Å². The first-order valence-corrected chi connectivity index (χ1v) is 4.98. The van der Waals surface area contributed by atoms with Crippen molar-refractivity contribution in [2.45, 2.75) is 37.8 Å². The molecule has 1 heterocycles. The van der Waals surface area contributed by atoms with Gasteiger partial charge in [-0.2, -0.15) is 0 Å². The molecule has 2 atom stereocenters. The van der Waals surface area contributed by atoms with Crippen LogP contribution >= 0.6 is 0 Å². The Balaban J connectivity index is 2.08. The molecule has 2 amide bonds. The van der Waals surface area contributed by atoms with Crippen molar-refractivity contribution in [1.29, 1.82) is 0 Å². The fourth-order valence-electron chi connectivity index (χ4n) is 2.43. The number of carbonyl (C=O) groups is 2. The fourth-order valence-corrected chi connectivity index (χ4v) is 2.43. The van der Waals surface area contributed by atoms with Gasteiger partial charge in [0.2, 0.25) is 0 Å². The second-order valence-electron chi connectivity index (χ2n) is 4.00. The van der Waals surface area contributed by atoms with E-state index in [1.54, 1.807) is 0 Å². The first-order chi connectivity index (χ1) is 6.68. The van der Waals surface area contributed by atoms with E-state index in [-0.39, 0.29) is 12.1 Å². The van der Waals surface area contributed by atoms with Crippen molar-refractivity contribution >= 4 is 12.0 Å². The summed E-state index contributed by atoms with van der Waals surface area (Å²) in [7, 11) is 0. The fraction of sp³-hybridized carbons (Fsp3) is 0.778. The number of carboxylic acid groups (broad SMARTS) is 1. The normalized spacial score (nSPS) is 32.7. The van der Waals surface area contributed by atoms with Gasteiger partial charge in [0.25, 0.3) is 0 Å². The third kappa shape index (κ3) is 1.54. The van der Waals surface area contributed by atoms with Crippen LogP contribution in [-0.2, 0) is 4.79 Å². The average molecular weight is 198 g/mol. The highest BCUT2D eigenvalue weighted by Crippen LogP contribution is 2.30. The molecule has 0 aromatic heterocycles. The SMILES string of the molecule is O=C1NC(C(=O)O)C(C2CCCC2)N1. The predicted molar refractivity (Wildman–Crippen MR) is 48.8 cm³/mol. The van der Waals surface area contributed by atoms with E-state index >= 15 is 0 Å². The topological polar surface area (TPSA) is 78.4 Å². The van der Waals surface area contributed by atoms with Crippen LogP contribution in [0.25, 0.3) is 0 Å². The molecule has 5 heteroatoms. The molecule has 2 rings (SSSR count). The standard InChI is InChI=1S/C9H14N2O3/c12-8(13)7-6(10-9(14)11-7)5-3-1-2-4-5/h5-7H,1-4H2,(H,12,13)(H2,10,11,14). The summed E-state index contributed by atoms with van der Waals surface area (Å²) in [5, 5.41) is 14.0. The van der Waals surface area contributed by atoms with Crippen LogP contribution < -0.4 is 10.6 Å². The largest absolute Gasteiger partial charge is 0.480 e. The molecule has 78 valence electrons. The quantitative estimate of drug-likeness (QED) is 0.597. The van der Waals surface area contributed by atoms with Gasteiger partial charge in [-0.3, -0.25) is 0 Å². The van der Waals surface area contributed by atoms with Crippen LogP contribution in [0.15, 0.2) is 0 Å². The van der Waals surface area contributed by atoms with Crippen LogP contribution in [0.4, 0.5) is 4.79 Å². The van der Waals surface area contributed by atoms with Crippen molar-refractivity contribution in [3.05, 3.63) is 0 Å². The second kappa shape index (κ2) is 3.48. The molecule has 2 aliphatic rings. The lowest BCUT2D eigenvalue weighted by atomic mass is 9.93. The molecule has 14 heavy (non-hydrogen) atoms. The highest BCUT2D eigenvalue weighted by atomic mass is 16.4. The number of carboxylic acids is 1. The van der Waals surface area contributed by atoms with Gasteiger partial charge in [0.05, 0.1) is 6.04 Å². The van der Waals surface area contributed by atoms with Gasteiger partial charge >= 0.3 is 12.0 Å². The van der Waals surface area contributed by atoms with Crippen molar-refractivity contribution < 1.29 is 14.7 Å². The number of nitrogens with one attached hydrogen (secondary N) is 2. The molecule has 1 aliphatic heterocycles. The van der Waals surface area contributed by atoms with E-state index in [4.69, 9.17) is 5.11 Å². The lowest BCUT2D eigenvalue weighted by Gasteiger charge is -2.20. The van der Waals surface area contributed by atoms with Gasteiger partial charge < -0.3 is 15.7 Å². The molecular weight excluding hydrogens is 184 g/mol. The Hall–Kier alpha value is -1.26. The van der Waals surface area contributed by atoms with E-state index in [0.29, 0.717) is 5.92 Å². The number of aliphatic carboxylic acids is 1. The van der Waals surface area contributed by atoms with Gasteiger partial charge in [-0.05, 0) is 18.8 Å². The Morgan fingerprint density at radius 3 is 2.50 bits per heavy atom. The molecule has 0 spiro atoms. The van der Waals surface area contributed by atoms with Gasteiger partial charge in [0.1, 0.15) is 6.04 Å². The third-order valence-corrected chi connectivity index (χ3v) is 3.12. The summed E-state index contributed by atoms with van der Waals surface area (Å²) >= 11 is 0. The highest BCUT2D eigenvalue weighted by Gasteiger charge is 2.42. The first-order valence-electron chi connectivity index (χ1n) is 4.98. The smallest absolute Gasteiger partial charge is 0.328 e. The van der Waals surface area contributed by atoms with Gasteiger partial charge in [-0.15, -0.1) is 0 Å². The summed E-state index contributed by atoms with van der Waals surface area (Å²) in [6.45, 7) is 0. The van der Waals surface area contributed by atoms with Crippen molar-refractivity contribution in [1.82, 2.24) is 10.6 Å². The zero-order valence-electron chi connectivity index (χ0n) is 7.82. The molecule has 0 aromatic carbocycles. The van der Waals surface area contributed by atoms with Crippen molar-refractivity contribution in [3.63, 3.8) is 0 Å². The monoisotopic (exact) mass is 198 g/mol. The van der Waals surface area contributed by atoms with E-state index in [9.17, 15) is 9.59 Å². The van der Waals surface area contributed by atoms with E-state index in [1.807, 2.05) is 0 Å². The van der Waals surface area contributed by atoms with E-state index in [0.717, 1.165) is 25.7 Å². The minimum Gasteiger partial charge on any atom is -0.480 e. The molecular formula is C9H14N2O3. The van der Waals surface area contributed by atoms with Crippen LogP contribution in [0.3, 0.4) is 0 Å². The Kier molecular flexibility index (Phi) is 2.31. The summed E-state index contributed by atoms with van der Waals surface area (Å²) in [5.41, 5.74) is 0. The van der Waals surface area contributed by atoms with Gasteiger partial charge in [-0.1, -0.05) is 12.8 Å². The molecule has 0 aromatic rings. The molecule has 3 N–H and O–H groups in total. The van der Waals surface area contributed by atoms with Crippen LogP contribution in [0, 0.1) is 5.92 Å². The number of carbonyl (C=O) groups excluding carboxylic acids is 1. The zero-order valence-corrected chi connectivity index (χ0v) is 7.82. The Morgan fingerprint density at radius 2 is 1.93 bits per heavy atom. The molecule has 0 radical (unpaired) electrons. The van der Waals surface area contributed by atoms with Crippen LogP contribution in [0.1, 0.15) is 25.7 Å². The summed E-state index contributed by atoms with van der Waals surface area (Å²) in [6, 6.07) is -1.32. The zero-order chi connectivity index (χ0) is 10.1. The highest BCUT2D eigenvalue weighted by molar-refractivity contribution is 5.87. The summed E-state index contributed by atoms with van der Waals surface area (Å²) < 4.78 is 0. The number of amides is 2. The van der Waals surface area contributed by atoms with Gasteiger partial charge in [0, 0.05) is 0 Å². The molecule has 2 unspecified atom stereocenters. The van der Waals surface area contributed by atoms with Gasteiger partial charge in [-0.25, -0.2) is 9.59 Å². The maximum Gasteiger partial charge on any atom is 0.328 e. The number of hydrogen-bond donors (Lipinski definition) is 3. The molecule has 1 saturated carbocycles. The maximum atomic E-state index is 11.0. The Morgan fingerprint density at radius 1 is 1.29 bits per heavy atom. The summed E-state index contributed by atoms with van der Waals surface area (Å²) in [4.78, 5) is 21.9. The van der Waals surface area contributed by atoms with E-state index in [1.165, 1.54) is 0 Å². The lowest BCUT2D eigenvalue weighted by Crippen LogP contribution is -2.44. The second-order valence-corrected chi connectivity index (χ2v) is 4.00.